The van der Waals surface area contributed by atoms with E-state index in [-0.39, 0.29) is 18.3 Å². The van der Waals surface area contributed by atoms with Gasteiger partial charge in [0.1, 0.15) is 12.1 Å². The van der Waals surface area contributed by atoms with Crippen molar-refractivity contribution in [3.8, 4) is 18.0 Å². The molecule has 1 aromatic heterocycles. The van der Waals surface area contributed by atoms with Crippen LogP contribution in [0.15, 0.2) is 54.9 Å². The van der Waals surface area contributed by atoms with Gasteiger partial charge in [-0.15, -0.1) is 6.42 Å². The highest BCUT2D eigenvalue weighted by Gasteiger charge is 2.27. The summed E-state index contributed by atoms with van der Waals surface area (Å²) in [5, 5.41) is 0. The van der Waals surface area contributed by atoms with Gasteiger partial charge in [-0.1, -0.05) is 37.1 Å². The number of carbonyl (C=O) groups excluding carboxylic acids is 1. The zero-order chi connectivity index (χ0) is 22.0. The van der Waals surface area contributed by atoms with Gasteiger partial charge in [0, 0.05) is 16.7 Å². The third kappa shape index (κ3) is 3.77. The van der Waals surface area contributed by atoms with Crippen LogP contribution in [0.2, 0.25) is 0 Å². The summed E-state index contributed by atoms with van der Waals surface area (Å²) in [6, 6.07) is 12.4. The minimum atomic E-state index is -0.438. The van der Waals surface area contributed by atoms with E-state index in [2.05, 4.69) is 23.9 Å². The van der Waals surface area contributed by atoms with Crippen LogP contribution in [0.4, 0.5) is 4.39 Å². The van der Waals surface area contributed by atoms with Gasteiger partial charge in [-0.3, -0.25) is 0 Å². The topological polar surface area (TPSA) is 44.1 Å². The highest BCUT2D eigenvalue weighted by Crippen LogP contribution is 2.37. The maximum atomic E-state index is 14.8. The molecule has 0 N–H and O–H groups in total. The van der Waals surface area contributed by atoms with E-state index < -0.39 is 5.97 Å². The summed E-state index contributed by atoms with van der Waals surface area (Å²) >= 11 is 0. The second-order valence-electron chi connectivity index (χ2n) is 7.52. The molecular weight excluding hydrogens is 391 g/mol. The second kappa shape index (κ2) is 8.61. The van der Waals surface area contributed by atoms with E-state index in [4.69, 9.17) is 11.2 Å². The number of rotatable bonds is 3. The number of hydrogen-bond donors (Lipinski definition) is 0. The van der Waals surface area contributed by atoms with Crippen molar-refractivity contribution in [1.29, 1.82) is 0 Å². The van der Waals surface area contributed by atoms with E-state index in [9.17, 15) is 9.18 Å². The van der Waals surface area contributed by atoms with Gasteiger partial charge in [-0.2, -0.15) is 0 Å². The van der Waals surface area contributed by atoms with E-state index in [0.717, 1.165) is 28.9 Å². The number of halogens is 1. The minimum Gasteiger partial charge on any atom is -0.461 e. The standard InChI is InChI=1S/C26H23FN2O2/c1-4-18-13-14-23-21(15-18)19(20-10-6-7-12-22(20)27)11-8-9-17(3)25-24(26(30)31-5-2)28-16-29(23)25/h1,6-7,10-17H,5,8-9H2,2-3H3/b19-11-/t17-/m1/s1. The second-order valence-corrected chi connectivity index (χ2v) is 7.52. The van der Waals surface area contributed by atoms with Crippen molar-refractivity contribution in [2.24, 2.45) is 0 Å². The molecule has 5 heteroatoms. The zero-order valence-electron chi connectivity index (χ0n) is 17.6. The van der Waals surface area contributed by atoms with Gasteiger partial charge >= 0.3 is 5.97 Å². The largest absolute Gasteiger partial charge is 0.461 e. The fourth-order valence-electron chi connectivity index (χ4n) is 4.09. The van der Waals surface area contributed by atoms with Crippen molar-refractivity contribution in [3.63, 3.8) is 0 Å². The van der Waals surface area contributed by atoms with Crippen LogP contribution in [0.25, 0.3) is 11.3 Å². The average molecular weight is 414 g/mol. The summed E-state index contributed by atoms with van der Waals surface area (Å²) in [7, 11) is 0. The van der Waals surface area contributed by atoms with Crippen LogP contribution in [0.1, 0.15) is 65.5 Å². The summed E-state index contributed by atoms with van der Waals surface area (Å²) in [4.78, 5) is 17.0. The molecule has 0 amide bonds. The molecule has 3 aromatic rings. The lowest BCUT2D eigenvalue weighted by Gasteiger charge is -2.18. The molecular formula is C26H23FN2O2. The summed E-state index contributed by atoms with van der Waals surface area (Å²) in [6.45, 7) is 4.11. The third-order valence-corrected chi connectivity index (χ3v) is 5.57. The smallest absolute Gasteiger partial charge is 0.358 e. The predicted molar refractivity (Wildman–Crippen MR) is 119 cm³/mol. The fraction of sp³-hybridized carbons (Fsp3) is 0.231. The predicted octanol–water partition coefficient (Wildman–Crippen LogP) is 5.50. The number of carbonyl (C=O) groups is 1. The van der Waals surface area contributed by atoms with E-state index in [1.807, 2.05) is 28.8 Å². The first-order valence-electron chi connectivity index (χ1n) is 10.4. The Morgan fingerprint density at radius 1 is 1.29 bits per heavy atom. The fourth-order valence-corrected chi connectivity index (χ4v) is 4.09. The molecule has 1 atom stereocenters. The van der Waals surface area contributed by atoms with Gasteiger partial charge in [0.2, 0.25) is 0 Å². The Hall–Kier alpha value is -3.65. The van der Waals surface area contributed by atoms with Crippen molar-refractivity contribution in [2.75, 3.05) is 6.61 Å². The van der Waals surface area contributed by atoms with Crippen molar-refractivity contribution >= 4 is 11.5 Å². The van der Waals surface area contributed by atoms with Crippen molar-refractivity contribution in [3.05, 3.63) is 88.8 Å². The maximum Gasteiger partial charge on any atom is 0.358 e. The highest BCUT2D eigenvalue weighted by atomic mass is 19.1. The Balaban J connectivity index is 2.00. The lowest BCUT2D eigenvalue weighted by atomic mass is 9.93. The molecule has 4 rings (SSSR count). The first kappa shape index (κ1) is 20.6. The Bertz CT molecular complexity index is 1220. The van der Waals surface area contributed by atoms with Crippen LogP contribution >= 0.6 is 0 Å². The number of allylic oxidation sites excluding steroid dienone is 1. The first-order valence-corrected chi connectivity index (χ1v) is 10.4. The van der Waals surface area contributed by atoms with Crippen molar-refractivity contribution in [2.45, 2.75) is 32.6 Å². The molecule has 2 aromatic carbocycles. The molecule has 4 nitrogen and oxygen atoms in total. The molecule has 1 aliphatic rings. The normalized spacial score (nSPS) is 17.1. The molecule has 156 valence electrons. The number of aromatic nitrogens is 2. The average Bonchev–Trinajstić information content (AvgIpc) is 3.23. The van der Waals surface area contributed by atoms with Crippen LogP contribution in [-0.2, 0) is 4.74 Å². The van der Waals surface area contributed by atoms with E-state index in [1.54, 1.807) is 25.4 Å². The Kier molecular flexibility index (Phi) is 5.73. The van der Waals surface area contributed by atoms with Gasteiger partial charge in [-0.05, 0) is 55.5 Å². The monoisotopic (exact) mass is 414 g/mol. The lowest BCUT2D eigenvalue weighted by molar-refractivity contribution is 0.0518. The first-order chi connectivity index (χ1) is 15.0. The van der Waals surface area contributed by atoms with Gasteiger partial charge in [0.05, 0.1) is 18.0 Å². The van der Waals surface area contributed by atoms with E-state index in [1.165, 1.54) is 6.07 Å². The number of benzene rings is 2. The minimum absolute atomic E-state index is 0.0401. The van der Waals surface area contributed by atoms with Crippen LogP contribution in [0.3, 0.4) is 0 Å². The number of hydrogen-bond acceptors (Lipinski definition) is 3. The van der Waals surface area contributed by atoms with Gasteiger partial charge in [0.15, 0.2) is 5.69 Å². The molecule has 0 bridgehead atoms. The molecule has 0 aliphatic carbocycles. The van der Waals surface area contributed by atoms with Gasteiger partial charge in [-0.25, -0.2) is 14.2 Å². The number of nitrogens with zero attached hydrogens (tertiary/aromatic N) is 2. The van der Waals surface area contributed by atoms with E-state index >= 15 is 0 Å². The molecule has 1 aliphatic heterocycles. The van der Waals surface area contributed by atoms with Gasteiger partial charge < -0.3 is 9.30 Å². The number of fused-ring (bicyclic) bond motifs is 3. The number of esters is 1. The number of imidazole rings is 1. The third-order valence-electron chi connectivity index (χ3n) is 5.57. The molecule has 2 heterocycles. The molecule has 0 saturated carbocycles. The van der Waals surface area contributed by atoms with Crippen molar-refractivity contribution in [1.82, 2.24) is 9.55 Å². The quantitative estimate of drug-likeness (QED) is 0.420. The molecule has 0 radical (unpaired) electrons. The lowest BCUT2D eigenvalue weighted by Crippen LogP contribution is -2.13. The van der Waals surface area contributed by atoms with Crippen LogP contribution in [0, 0.1) is 18.2 Å². The molecule has 0 spiro atoms. The van der Waals surface area contributed by atoms with Crippen LogP contribution in [-0.4, -0.2) is 22.1 Å². The van der Waals surface area contributed by atoms with Crippen LogP contribution < -0.4 is 0 Å². The molecule has 0 fully saturated rings. The summed E-state index contributed by atoms with van der Waals surface area (Å²) in [5.74, 6) is 1.97. The summed E-state index contributed by atoms with van der Waals surface area (Å²) < 4.78 is 21.9. The summed E-state index contributed by atoms with van der Waals surface area (Å²) in [6.07, 6.45) is 10.8. The highest BCUT2D eigenvalue weighted by molar-refractivity contribution is 5.90. The Morgan fingerprint density at radius 2 is 2.10 bits per heavy atom. The molecule has 0 saturated heterocycles. The maximum absolute atomic E-state index is 14.8. The van der Waals surface area contributed by atoms with Crippen LogP contribution in [0.5, 0.6) is 0 Å². The summed E-state index contributed by atoms with van der Waals surface area (Å²) in [5.41, 5.74) is 4.67. The molecule has 0 unspecified atom stereocenters. The SMILES string of the molecule is C#Cc1ccc2c(c1)/C(c1ccccc1F)=C\CC[C@@H](C)c1c(C(=O)OCC)ncn1-2. The Morgan fingerprint density at radius 3 is 2.84 bits per heavy atom. The molecule has 31 heavy (non-hydrogen) atoms. The number of ether oxygens (including phenoxy) is 1. The number of terminal acetylenes is 1. The van der Waals surface area contributed by atoms with Crippen molar-refractivity contribution < 1.29 is 13.9 Å². The zero-order valence-corrected chi connectivity index (χ0v) is 17.6. The van der Waals surface area contributed by atoms with Gasteiger partial charge in [0.25, 0.3) is 0 Å². The Labute approximate surface area is 181 Å². The van der Waals surface area contributed by atoms with E-state index in [0.29, 0.717) is 23.2 Å².